The maximum absolute atomic E-state index is 13.0. The molecule has 0 aromatic heterocycles. The second-order valence-corrected chi connectivity index (χ2v) is 7.43. The molecule has 0 bridgehead atoms. The number of aryl methyl sites for hydroxylation is 1. The second-order valence-electron chi connectivity index (χ2n) is 7.43. The van der Waals surface area contributed by atoms with Crippen LogP contribution in [0.3, 0.4) is 0 Å². The quantitative estimate of drug-likeness (QED) is 0.0716. The molecule has 2 aromatic carbocycles. The molecule has 0 spiro atoms. The third-order valence-electron chi connectivity index (χ3n) is 5.21. The number of benzene rings is 2. The number of nitrogens with zero attached hydrogens (tertiary/aromatic N) is 5. The molecule has 3 rings (SSSR count). The molecule has 1 heterocycles. The third kappa shape index (κ3) is 5.22. The van der Waals surface area contributed by atoms with E-state index in [9.17, 15) is 29.3 Å². The number of fused-ring (bicyclic) bond motifs is 1. The first kappa shape index (κ1) is 24.8. The van der Waals surface area contributed by atoms with Gasteiger partial charge in [0.25, 0.3) is 22.8 Å². The van der Waals surface area contributed by atoms with Gasteiger partial charge in [0.2, 0.25) is 6.41 Å². The summed E-state index contributed by atoms with van der Waals surface area (Å²) in [6.45, 7) is 0.436. The van der Waals surface area contributed by atoms with E-state index >= 15 is 0 Å². The van der Waals surface area contributed by atoms with Crippen LogP contribution in [0.25, 0.3) is 0 Å². The lowest BCUT2D eigenvalue weighted by atomic mass is 9.99. The molecule has 35 heavy (non-hydrogen) atoms. The molecule has 2 aromatic rings. The standard InChI is InChI=1S/C21H21N7O7/c1-13-7-16-17(8-15(13)19(30)25(11-29)12-35-28(33)34)21(32)26(20(16)31)10-18(24-22)27(23)9-14-5-3-2-4-6-14/h2-8,11H,9-10,12,22-23H2,1H3/b24-18-. The fourth-order valence-electron chi connectivity index (χ4n) is 3.44. The Kier molecular flexibility index (Phi) is 7.36. The maximum atomic E-state index is 13.0. The highest BCUT2D eigenvalue weighted by Gasteiger charge is 2.38. The van der Waals surface area contributed by atoms with Crippen molar-refractivity contribution in [2.45, 2.75) is 13.5 Å². The van der Waals surface area contributed by atoms with Crippen LogP contribution in [0.1, 0.15) is 42.2 Å². The SMILES string of the molecule is Cc1cc2c(cc1C(=O)N(C=O)CO[N+](=O)[O-])C(=O)N(C/C(=N/N)N(N)Cc1ccccc1)C2=O. The molecule has 1 aliphatic rings. The zero-order valence-electron chi connectivity index (χ0n) is 18.5. The Labute approximate surface area is 198 Å². The van der Waals surface area contributed by atoms with Crippen LogP contribution in [0.15, 0.2) is 47.6 Å². The first-order valence-electron chi connectivity index (χ1n) is 10.0. The number of carbonyl (C=O) groups excluding carboxylic acids is 4. The van der Waals surface area contributed by atoms with Gasteiger partial charge in [-0.2, -0.15) is 5.10 Å². The van der Waals surface area contributed by atoms with Crippen LogP contribution in [0, 0.1) is 17.0 Å². The number of carbonyl (C=O) groups is 4. The van der Waals surface area contributed by atoms with Crippen LogP contribution in [-0.4, -0.2) is 63.1 Å². The summed E-state index contributed by atoms with van der Waals surface area (Å²) in [6, 6.07) is 11.6. The lowest BCUT2D eigenvalue weighted by Crippen LogP contribution is -2.46. The van der Waals surface area contributed by atoms with Crippen LogP contribution in [0.5, 0.6) is 0 Å². The molecular weight excluding hydrogens is 462 g/mol. The van der Waals surface area contributed by atoms with Crippen molar-refractivity contribution >= 4 is 30.0 Å². The average molecular weight is 483 g/mol. The first-order chi connectivity index (χ1) is 16.7. The van der Waals surface area contributed by atoms with E-state index in [4.69, 9.17) is 11.7 Å². The molecule has 14 heteroatoms. The smallest absolute Gasteiger partial charge is 0.296 e. The second kappa shape index (κ2) is 10.4. The van der Waals surface area contributed by atoms with Crippen molar-refractivity contribution in [2.24, 2.45) is 16.8 Å². The van der Waals surface area contributed by atoms with Gasteiger partial charge in [-0.05, 0) is 30.2 Å². The summed E-state index contributed by atoms with van der Waals surface area (Å²) < 4.78 is 0. The van der Waals surface area contributed by atoms with Crippen molar-refractivity contribution in [3.8, 4) is 0 Å². The van der Waals surface area contributed by atoms with Crippen LogP contribution < -0.4 is 11.7 Å². The number of amides is 4. The van der Waals surface area contributed by atoms with Gasteiger partial charge in [-0.1, -0.05) is 30.3 Å². The van der Waals surface area contributed by atoms with Gasteiger partial charge < -0.3 is 5.84 Å². The summed E-state index contributed by atoms with van der Waals surface area (Å²) in [4.78, 5) is 65.6. The van der Waals surface area contributed by atoms with E-state index in [0.29, 0.717) is 4.90 Å². The largest absolute Gasteiger partial charge is 0.321 e. The third-order valence-corrected chi connectivity index (χ3v) is 5.21. The van der Waals surface area contributed by atoms with Crippen LogP contribution in [0.4, 0.5) is 0 Å². The van der Waals surface area contributed by atoms with Gasteiger partial charge in [0.1, 0.15) is 0 Å². The minimum Gasteiger partial charge on any atom is -0.321 e. The van der Waals surface area contributed by atoms with Gasteiger partial charge in [0.05, 0.1) is 24.2 Å². The lowest BCUT2D eigenvalue weighted by molar-refractivity contribution is -0.761. The summed E-state index contributed by atoms with van der Waals surface area (Å²) >= 11 is 0. The fraction of sp³-hybridized carbons (Fsp3) is 0.190. The Morgan fingerprint density at radius 3 is 2.40 bits per heavy atom. The van der Waals surface area contributed by atoms with Crippen molar-refractivity contribution in [2.75, 3.05) is 13.3 Å². The molecule has 0 unspecified atom stereocenters. The van der Waals surface area contributed by atoms with Gasteiger partial charge >= 0.3 is 0 Å². The number of hydrazone groups is 1. The number of hydrogen-bond acceptors (Lipinski definition) is 10. The molecule has 0 saturated carbocycles. The van der Waals surface area contributed by atoms with E-state index in [2.05, 4.69) is 9.94 Å². The van der Waals surface area contributed by atoms with E-state index in [1.807, 2.05) is 30.3 Å². The highest BCUT2D eigenvalue weighted by atomic mass is 17.0. The first-order valence-corrected chi connectivity index (χ1v) is 10.0. The summed E-state index contributed by atoms with van der Waals surface area (Å²) in [7, 11) is 0. The highest BCUT2D eigenvalue weighted by Crippen LogP contribution is 2.27. The lowest BCUT2D eigenvalue weighted by Gasteiger charge is -2.23. The number of imide groups is 2. The minimum absolute atomic E-state index is 0.0336. The number of hydrogen-bond donors (Lipinski definition) is 2. The molecule has 0 fully saturated rings. The van der Waals surface area contributed by atoms with Gasteiger partial charge in [-0.15, -0.1) is 10.1 Å². The Morgan fingerprint density at radius 1 is 1.20 bits per heavy atom. The summed E-state index contributed by atoms with van der Waals surface area (Å²) in [5, 5.41) is 14.0. The van der Waals surface area contributed by atoms with E-state index in [1.54, 1.807) is 0 Å². The number of amidine groups is 1. The van der Waals surface area contributed by atoms with Crippen molar-refractivity contribution in [3.63, 3.8) is 0 Å². The van der Waals surface area contributed by atoms with Gasteiger partial charge in [-0.25, -0.2) is 5.84 Å². The molecule has 0 radical (unpaired) electrons. The molecule has 4 N–H and O–H groups in total. The molecule has 0 aliphatic carbocycles. The molecule has 1 aliphatic heterocycles. The minimum atomic E-state index is -1.16. The molecule has 182 valence electrons. The highest BCUT2D eigenvalue weighted by molar-refractivity contribution is 6.23. The number of rotatable bonds is 9. The van der Waals surface area contributed by atoms with E-state index < -0.39 is 29.5 Å². The van der Waals surface area contributed by atoms with Crippen molar-refractivity contribution in [1.29, 1.82) is 0 Å². The number of hydrazine groups is 1. The summed E-state index contributed by atoms with van der Waals surface area (Å²) in [5.74, 6) is 9.25. The zero-order chi connectivity index (χ0) is 25.7. The van der Waals surface area contributed by atoms with Crippen LogP contribution in [-0.2, 0) is 16.2 Å². The Bertz CT molecular complexity index is 1220. The Morgan fingerprint density at radius 2 is 1.83 bits per heavy atom. The topological polar surface area (TPSA) is 195 Å². The van der Waals surface area contributed by atoms with Gasteiger partial charge in [0.15, 0.2) is 12.6 Å². The van der Waals surface area contributed by atoms with Crippen LogP contribution >= 0.6 is 0 Å². The maximum Gasteiger partial charge on any atom is 0.296 e. The van der Waals surface area contributed by atoms with Gasteiger partial charge in [0, 0.05) is 5.56 Å². The molecule has 4 amide bonds. The van der Waals surface area contributed by atoms with Crippen molar-refractivity contribution in [1.82, 2.24) is 14.8 Å². The normalized spacial score (nSPS) is 12.9. The van der Waals surface area contributed by atoms with E-state index in [-0.39, 0.29) is 47.6 Å². The monoisotopic (exact) mass is 483 g/mol. The van der Waals surface area contributed by atoms with E-state index in [1.165, 1.54) is 18.0 Å². The van der Waals surface area contributed by atoms with Crippen LogP contribution in [0.2, 0.25) is 0 Å². The Hall–Kier alpha value is -4.85. The zero-order valence-corrected chi connectivity index (χ0v) is 18.5. The fourth-order valence-corrected chi connectivity index (χ4v) is 3.44. The van der Waals surface area contributed by atoms with Crippen molar-refractivity contribution < 1.29 is 29.1 Å². The molecule has 14 nitrogen and oxygen atoms in total. The summed E-state index contributed by atoms with van der Waals surface area (Å²) in [5.41, 5.74) is 0.947. The predicted molar refractivity (Wildman–Crippen MR) is 120 cm³/mol. The molecule has 0 atom stereocenters. The van der Waals surface area contributed by atoms with E-state index in [0.717, 1.165) is 16.5 Å². The molecular formula is C21H21N7O7. The van der Waals surface area contributed by atoms with Crippen molar-refractivity contribution in [3.05, 3.63) is 80.4 Å². The Balaban J connectivity index is 1.82. The average Bonchev–Trinajstić information content (AvgIpc) is 3.06. The molecule has 0 saturated heterocycles. The number of nitrogens with two attached hydrogens (primary N) is 2. The van der Waals surface area contributed by atoms with Gasteiger partial charge in [-0.3, -0.25) is 38.8 Å². The predicted octanol–water partition coefficient (Wildman–Crippen LogP) is 0.00352. The summed E-state index contributed by atoms with van der Waals surface area (Å²) in [6.07, 6.45) is 0.0599.